The van der Waals surface area contributed by atoms with Crippen LogP contribution in [0.15, 0.2) is 84.0 Å². The quantitative estimate of drug-likeness (QED) is 0.333. The highest BCUT2D eigenvalue weighted by atomic mass is 32.1. The topological polar surface area (TPSA) is 54.9 Å². The number of methoxy groups -OCH3 is 1. The first-order chi connectivity index (χ1) is 14.2. The van der Waals surface area contributed by atoms with E-state index in [0.29, 0.717) is 29.8 Å². The van der Waals surface area contributed by atoms with Crippen LogP contribution in [0.5, 0.6) is 11.5 Å². The standard InChI is InChI=1S/C23H23N3O2S/c1-27-21-13-12-20(14-22(21)28-17-19-10-6-3-7-11-19)16-25-26-23(29)24-15-18-8-4-2-5-9-18/h2-14,16H,15,17H2,1H3,(H2,24,26,29)/b25-16+. The van der Waals surface area contributed by atoms with Crippen molar-refractivity contribution in [3.05, 3.63) is 95.6 Å². The molecule has 0 saturated heterocycles. The van der Waals surface area contributed by atoms with Gasteiger partial charge in [-0.15, -0.1) is 0 Å². The van der Waals surface area contributed by atoms with Crippen molar-refractivity contribution >= 4 is 23.5 Å². The molecule has 148 valence electrons. The van der Waals surface area contributed by atoms with E-state index in [9.17, 15) is 0 Å². The summed E-state index contributed by atoms with van der Waals surface area (Å²) in [5, 5.41) is 7.77. The molecule has 3 rings (SSSR count). The molecule has 3 aromatic rings. The second-order valence-electron chi connectivity index (χ2n) is 6.22. The minimum atomic E-state index is 0.458. The monoisotopic (exact) mass is 405 g/mol. The first-order valence-electron chi connectivity index (χ1n) is 9.20. The number of nitrogens with zero attached hydrogens (tertiary/aromatic N) is 1. The Kier molecular flexibility index (Phi) is 7.60. The second-order valence-corrected chi connectivity index (χ2v) is 6.63. The summed E-state index contributed by atoms with van der Waals surface area (Å²) >= 11 is 5.25. The van der Waals surface area contributed by atoms with E-state index in [-0.39, 0.29) is 0 Å². The number of thiocarbonyl (C=S) groups is 1. The number of rotatable bonds is 8. The highest BCUT2D eigenvalue weighted by molar-refractivity contribution is 7.80. The molecule has 0 aliphatic heterocycles. The Balaban J connectivity index is 1.55. The Morgan fingerprint density at radius 3 is 2.31 bits per heavy atom. The molecule has 29 heavy (non-hydrogen) atoms. The third kappa shape index (κ3) is 6.62. The third-order valence-electron chi connectivity index (χ3n) is 4.10. The summed E-state index contributed by atoms with van der Waals surface area (Å²) in [6.07, 6.45) is 1.69. The van der Waals surface area contributed by atoms with Crippen molar-refractivity contribution in [2.45, 2.75) is 13.2 Å². The molecule has 0 amide bonds. The smallest absolute Gasteiger partial charge is 0.187 e. The van der Waals surface area contributed by atoms with Gasteiger partial charge >= 0.3 is 0 Å². The van der Waals surface area contributed by atoms with E-state index in [1.807, 2.05) is 78.9 Å². The lowest BCUT2D eigenvalue weighted by Crippen LogP contribution is -2.31. The molecule has 0 saturated carbocycles. The lowest BCUT2D eigenvalue weighted by atomic mass is 10.2. The van der Waals surface area contributed by atoms with E-state index < -0.39 is 0 Å². The number of hydrogen-bond donors (Lipinski definition) is 2. The summed E-state index contributed by atoms with van der Waals surface area (Å²) in [4.78, 5) is 0. The van der Waals surface area contributed by atoms with Crippen LogP contribution >= 0.6 is 12.2 Å². The van der Waals surface area contributed by atoms with Crippen molar-refractivity contribution in [2.24, 2.45) is 5.10 Å². The van der Waals surface area contributed by atoms with Crippen molar-refractivity contribution < 1.29 is 9.47 Å². The summed E-state index contributed by atoms with van der Waals surface area (Å²) in [6, 6.07) is 25.7. The molecule has 0 aliphatic rings. The number of nitrogens with one attached hydrogen (secondary N) is 2. The molecule has 0 radical (unpaired) electrons. The Morgan fingerprint density at radius 2 is 1.62 bits per heavy atom. The van der Waals surface area contributed by atoms with E-state index in [2.05, 4.69) is 15.8 Å². The summed E-state index contributed by atoms with van der Waals surface area (Å²) in [7, 11) is 1.62. The predicted molar refractivity (Wildman–Crippen MR) is 120 cm³/mol. The van der Waals surface area contributed by atoms with Gasteiger partial charge in [0.25, 0.3) is 0 Å². The Hall–Kier alpha value is -3.38. The molecular formula is C23H23N3O2S. The van der Waals surface area contributed by atoms with Crippen LogP contribution in [0.2, 0.25) is 0 Å². The first kappa shape index (κ1) is 20.4. The number of hydrogen-bond acceptors (Lipinski definition) is 4. The minimum Gasteiger partial charge on any atom is -0.493 e. The summed E-state index contributed by atoms with van der Waals surface area (Å²) in [5.41, 5.74) is 5.93. The van der Waals surface area contributed by atoms with E-state index in [1.165, 1.54) is 0 Å². The van der Waals surface area contributed by atoms with Crippen LogP contribution in [-0.4, -0.2) is 18.4 Å². The normalized spacial score (nSPS) is 10.5. The Bertz CT molecular complexity index is 947. The van der Waals surface area contributed by atoms with Crippen molar-refractivity contribution in [3.63, 3.8) is 0 Å². The van der Waals surface area contributed by atoms with Gasteiger partial charge < -0.3 is 14.8 Å². The molecule has 0 aliphatic carbocycles. The lowest BCUT2D eigenvalue weighted by molar-refractivity contribution is 0.284. The van der Waals surface area contributed by atoms with Crippen LogP contribution in [0, 0.1) is 0 Å². The second kappa shape index (κ2) is 10.8. The molecule has 0 fully saturated rings. The number of hydrazone groups is 1. The van der Waals surface area contributed by atoms with Gasteiger partial charge in [0.2, 0.25) is 0 Å². The molecule has 0 atom stereocenters. The zero-order chi connectivity index (χ0) is 20.3. The fraction of sp³-hybridized carbons (Fsp3) is 0.130. The fourth-order valence-electron chi connectivity index (χ4n) is 2.60. The molecule has 0 spiro atoms. The fourth-order valence-corrected chi connectivity index (χ4v) is 2.73. The zero-order valence-electron chi connectivity index (χ0n) is 16.2. The van der Waals surface area contributed by atoms with E-state index in [1.54, 1.807) is 13.3 Å². The average molecular weight is 406 g/mol. The van der Waals surface area contributed by atoms with Gasteiger partial charge in [0.05, 0.1) is 13.3 Å². The maximum atomic E-state index is 5.92. The molecule has 5 nitrogen and oxygen atoms in total. The van der Waals surface area contributed by atoms with Crippen molar-refractivity contribution in [3.8, 4) is 11.5 Å². The Morgan fingerprint density at radius 1 is 0.931 bits per heavy atom. The van der Waals surface area contributed by atoms with Gasteiger partial charge in [-0.2, -0.15) is 5.10 Å². The summed E-state index contributed by atoms with van der Waals surface area (Å²) < 4.78 is 11.3. The largest absolute Gasteiger partial charge is 0.493 e. The van der Waals surface area contributed by atoms with Gasteiger partial charge in [0, 0.05) is 6.54 Å². The number of benzene rings is 3. The Labute approximate surface area is 176 Å². The van der Waals surface area contributed by atoms with Crippen molar-refractivity contribution in [2.75, 3.05) is 7.11 Å². The van der Waals surface area contributed by atoms with Gasteiger partial charge in [0.15, 0.2) is 16.6 Å². The predicted octanol–water partition coefficient (Wildman–Crippen LogP) is 4.27. The average Bonchev–Trinajstić information content (AvgIpc) is 2.78. The molecule has 0 aromatic heterocycles. The van der Waals surface area contributed by atoms with Crippen LogP contribution < -0.4 is 20.2 Å². The van der Waals surface area contributed by atoms with Crippen LogP contribution in [0.4, 0.5) is 0 Å². The minimum absolute atomic E-state index is 0.458. The maximum Gasteiger partial charge on any atom is 0.187 e. The van der Waals surface area contributed by atoms with E-state index in [4.69, 9.17) is 21.7 Å². The van der Waals surface area contributed by atoms with Crippen LogP contribution in [-0.2, 0) is 13.2 Å². The molecule has 0 unspecified atom stereocenters. The maximum absolute atomic E-state index is 5.92. The highest BCUT2D eigenvalue weighted by Crippen LogP contribution is 2.28. The van der Waals surface area contributed by atoms with Gasteiger partial charge in [-0.25, -0.2) is 0 Å². The zero-order valence-corrected chi connectivity index (χ0v) is 17.0. The SMILES string of the molecule is COc1ccc(/C=N/NC(=S)NCc2ccccc2)cc1OCc1ccccc1. The molecular weight excluding hydrogens is 382 g/mol. The van der Waals surface area contributed by atoms with E-state index in [0.717, 1.165) is 16.7 Å². The molecule has 3 aromatic carbocycles. The lowest BCUT2D eigenvalue weighted by Gasteiger charge is -2.11. The number of ether oxygens (including phenoxy) is 2. The molecule has 6 heteroatoms. The van der Waals surface area contributed by atoms with Crippen LogP contribution in [0.1, 0.15) is 16.7 Å². The van der Waals surface area contributed by atoms with Crippen molar-refractivity contribution in [1.29, 1.82) is 0 Å². The summed E-state index contributed by atoms with van der Waals surface area (Å²) in [6.45, 7) is 1.10. The first-order valence-corrected chi connectivity index (χ1v) is 9.61. The van der Waals surface area contributed by atoms with Crippen LogP contribution in [0.3, 0.4) is 0 Å². The van der Waals surface area contributed by atoms with E-state index >= 15 is 0 Å². The van der Waals surface area contributed by atoms with Gasteiger partial charge in [-0.1, -0.05) is 60.7 Å². The third-order valence-corrected chi connectivity index (χ3v) is 4.34. The molecule has 2 N–H and O–H groups in total. The highest BCUT2D eigenvalue weighted by Gasteiger charge is 2.06. The summed E-state index contributed by atoms with van der Waals surface area (Å²) in [5.74, 6) is 1.33. The van der Waals surface area contributed by atoms with Gasteiger partial charge in [-0.05, 0) is 47.1 Å². The van der Waals surface area contributed by atoms with Crippen molar-refractivity contribution in [1.82, 2.24) is 10.7 Å². The van der Waals surface area contributed by atoms with Gasteiger partial charge in [-0.3, -0.25) is 5.43 Å². The van der Waals surface area contributed by atoms with Crippen LogP contribution in [0.25, 0.3) is 0 Å². The molecule has 0 heterocycles. The molecule has 0 bridgehead atoms. The van der Waals surface area contributed by atoms with Gasteiger partial charge in [0.1, 0.15) is 6.61 Å².